The lowest BCUT2D eigenvalue weighted by molar-refractivity contribution is -0.146. The van der Waals surface area contributed by atoms with Crippen molar-refractivity contribution in [3.63, 3.8) is 0 Å². The van der Waals surface area contributed by atoms with Gasteiger partial charge in [0, 0.05) is 31.1 Å². The van der Waals surface area contributed by atoms with Crippen LogP contribution in [-0.2, 0) is 6.18 Å². The molecular formula is C17H15F3N8S. The molecule has 4 aromatic rings. The van der Waals surface area contributed by atoms with Gasteiger partial charge in [-0.3, -0.25) is 0 Å². The molecule has 29 heavy (non-hydrogen) atoms. The minimum atomic E-state index is -4.61. The monoisotopic (exact) mass is 420 g/mol. The normalized spacial score (nSPS) is 15.6. The number of thiophene rings is 1. The summed E-state index contributed by atoms with van der Waals surface area (Å²) in [6.07, 6.45) is -3.04. The fourth-order valence-electron chi connectivity index (χ4n) is 3.49. The highest BCUT2D eigenvalue weighted by Gasteiger charge is 2.38. The summed E-state index contributed by atoms with van der Waals surface area (Å²) in [5, 5.41) is 11.9. The fourth-order valence-corrected chi connectivity index (χ4v) is 4.33. The van der Waals surface area contributed by atoms with Gasteiger partial charge in [-0.05, 0) is 25.1 Å². The quantitative estimate of drug-likeness (QED) is 0.494. The van der Waals surface area contributed by atoms with E-state index in [1.165, 1.54) is 10.9 Å². The van der Waals surface area contributed by atoms with E-state index in [0.717, 1.165) is 20.5 Å². The molecule has 0 radical (unpaired) electrons. The van der Waals surface area contributed by atoms with Crippen LogP contribution in [0.2, 0.25) is 0 Å². The number of piperazine rings is 1. The van der Waals surface area contributed by atoms with E-state index in [1.54, 1.807) is 23.7 Å². The Morgan fingerprint density at radius 2 is 1.76 bits per heavy atom. The number of hydrogen-bond donors (Lipinski definition) is 0. The minimum absolute atomic E-state index is 0.0657. The second-order valence-corrected chi connectivity index (χ2v) is 7.96. The van der Waals surface area contributed by atoms with E-state index in [4.69, 9.17) is 0 Å². The molecule has 0 saturated carbocycles. The summed E-state index contributed by atoms with van der Waals surface area (Å²) in [5.41, 5.74) is 0.0657. The number of aryl methyl sites for hydroxylation is 1. The van der Waals surface area contributed by atoms with Crippen LogP contribution in [0, 0.1) is 6.92 Å². The average Bonchev–Trinajstić information content (AvgIpc) is 3.29. The average molecular weight is 420 g/mol. The molecular weight excluding hydrogens is 405 g/mol. The topological polar surface area (TPSA) is 75.3 Å². The first-order valence-electron chi connectivity index (χ1n) is 8.91. The molecule has 4 aromatic heterocycles. The van der Waals surface area contributed by atoms with Gasteiger partial charge in [0.15, 0.2) is 5.65 Å². The van der Waals surface area contributed by atoms with Crippen LogP contribution in [0.15, 0.2) is 24.5 Å². The Kier molecular flexibility index (Phi) is 4.05. The molecule has 0 atom stereocenters. The third-order valence-electron chi connectivity index (χ3n) is 4.84. The Labute approximate surface area is 166 Å². The van der Waals surface area contributed by atoms with Crippen molar-refractivity contribution >= 4 is 38.8 Å². The van der Waals surface area contributed by atoms with Crippen LogP contribution in [0.25, 0.3) is 15.9 Å². The smallest absolute Gasteiger partial charge is 0.352 e. The first-order valence-corrected chi connectivity index (χ1v) is 9.72. The molecule has 1 aliphatic rings. The number of aromatic nitrogens is 6. The molecule has 0 unspecified atom stereocenters. The minimum Gasteiger partial charge on any atom is -0.352 e. The maximum Gasteiger partial charge on any atom is 0.453 e. The van der Waals surface area contributed by atoms with Crippen molar-refractivity contribution < 1.29 is 13.2 Å². The van der Waals surface area contributed by atoms with E-state index in [2.05, 4.69) is 36.2 Å². The Bertz CT molecular complexity index is 1190. The molecule has 12 heteroatoms. The van der Waals surface area contributed by atoms with Crippen molar-refractivity contribution in [1.29, 1.82) is 0 Å². The molecule has 1 fully saturated rings. The summed E-state index contributed by atoms with van der Waals surface area (Å²) < 4.78 is 40.0. The Morgan fingerprint density at radius 1 is 1.00 bits per heavy atom. The van der Waals surface area contributed by atoms with Gasteiger partial charge in [0.05, 0.1) is 5.39 Å². The largest absolute Gasteiger partial charge is 0.453 e. The molecule has 0 bridgehead atoms. The molecule has 150 valence electrons. The van der Waals surface area contributed by atoms with E-state index in [9.17, 15) is 13.2 Å². The zero-order valence-electron chi connectivity index (χ0n) is 15.3. The second-order valence-electron chi connectivity index (χ2n) is 6.73. The van der Waals surface area contributed by atoms with Crippen molar-refractivity contribution in [1.82, 2.24) is 29.8 Å². The standard InChI is InChI=1S/C17H15F3N8S/c1-10-8-11-14(21-9-22-15(11)29-10)27-6-4-26(5-7-27)13-3-2-12-23-24-16(17(18,19)20)28(12)25-13/h2-3,8-9H,4-7H2,1H3. The third-order valence-corrected chi connectivity index (χ3v) is 5.80. The van der Waals surface area contributed by atoms with Gasteiger partial charge in [-0.15, -0.1) is 26.6 Å². The van der Waals surface area contributed by atoms with E-state index in [0.29, 0.717) is 32.0 Å². The predicted octanol–water partition coefficient (Wildman–Crippen LogP) is 2.78. The van der Waals surface area contributed by atoms with Gasteiger partial charge < -0.3 is 9.80 Å². The predicted molar refractivity (Wildman–Crippen MR) is 102 cm³/mol. The summed E-state index contributed by atoms with van der Waals surface area (Å²) in [6.45, 7) is 4.60. The van der Waals surface area contributed by atoms with Crippen molar-refractivity contribution in [2.45, 2.75) is 13.1 Å². The first kappa shape index (κ1) is 18.0. The lowest BCUT2D eigenvalue weighted by Crippen LogP contribution is -2.47. The van der Waals surface area contributed by atoms with E-state index in [1.807, 2.05) is 11.8 Å². The van der Waals surface area contributed by atoms with Crippen LogP contribution >= 0.6 is 11.3 Å². The number of fused-ring (bicyclic) bond motifs is 2. The Balaban J connectivity index is 1.39. The van der Waals surface area contributed by atoms with Gasteiger partial charge in [0.25, 0.3) is 5.82 Å². The van der Waals surface area contributed by atoms with E-state index in [-0.39, 0.29) is 5.65 Å². The van der Waals surface area contributed by atoms with Crippen molar-refractivity contribution in [3.8, 4) is 0 Å². The van der Waals surface area contributed by atoms with Gasteiger partial charge in [0.1, 0.15) is 22.8 Å². The van der Waals surface area contributed by atoms with E-state index >= 15 is 0 Å². The summed E-state index contributed by atoms with van der Waals surface area (Å²) in [4.78, 5) is 15.0. The van der Waals surface area contributed by atoms with Gasteiger partial charge in [-0.2, -0.15) is 17.7 Å². The highest BCUT2D eigenvalue weighted by Crippen LogP contribution is 2.31. The Morgan fingerprint density at radius 3 is 2.52 bits per heavy atom. The van der Waals surface area contributed by atoms with Crippen molar-refractivity contribution in [2.24, 2.45) is 0 Å². The zero-order valence-corrected chi connectivity index (χ0v) is 16.1. The third kappa shape index (κ3) is 3.12. The zero-order chi connectivity index (χ0) is 20.2. The van der Waals surface area contributed by atoms with Crippen LogP contribution in [0.5, 0.6) is 0 Å². The summed E-state index contributed by atoms with van der Waals surface area (Å²) in [7, 11) is 0. The van der Waals surface area contributed by atoms with Crippen molar-refractivity contribution in [3.05, 3.63) is 35.2 Å². The molecule has 0 N–H and O–H groups in total. The number of alkyl halides is 3. The second kappa shape index (κ2) is 6.51. The summed E-state index contributed by atoms with van der Waals surface area (Å²) >= 11 is 1.63. The Hall–Kier alpha value is -3.02. The number of halogens is 3. The molecule has 0 amide bonds. The highest BCUT2D eigenvalue weighted by atomic mass is 32.1. The number of hydrogen-bond acceptors (Lipinski definition) is 8. The van der Waals surface area contributed by atoms with Crippen LogP contribution < -0.4 is 9.80 Å². The van der Waals surface area contributed by atoms with Gasteiger partial charge in [-0.1, -0.05) is 0 Å². The van der Waals surface area contributed by atoms with Gasteiger partial charge >= 0.3 is 6.18 Å². The maximum atomic E-state index is 13.1. The van der Waals surface area contributed by atoms with E-state index < -0.39 is 12.0 Å². The molecule has 0 aliphatic carbocycles. The molecule has 1 aliphatic heterocycles. The van der Waals surface area contributed by atoms with Crippen LogP contribution in [0.3, 0.4) is 0 Å². The number of nitrogens with zero attached hydrogens (tertiary/aromatic N) is 8. The molecule has 5 rings (SSSR count). The summed E-state index contributed by atoms with van der Waals surface area (Å²) in [6, 6.07) is 5.26. The van der Waals surface area contributed by atoms with Crippen LogP contribution in [-0.4, -0.2) is 56.0 Å². The SMILES string of the molecule is Cc1cc2c(N3CCN(c4ccc5nnc(C(F)(F)F)n5n4)CC3)ncnc2s1. The van der Waals surface area contributed by atoms with Crippen LogP contribution in [0.4, 0.5) is 24.8 Å². The van der Waals surface area contributed by atoms with Gasteiger partial charge in [0.2, 0.25) is 0 Å². The molecule has 8 nitrogen and oxygen atoms in total. The lowest BCUT2D eigenvalue weighted by Gasteiger charge is -2.36. The first-order chi connectivity index (χ1) is 13.9. The van der Waals surface area contributed by atoms with Crippen molar-refractivity contribution in [2.75, 3.05) is 36.0 Å². The molecule has 0 aromatic carbocycles. The molecule has 1 saturated heterocycles. The number of anilines is 2. The lowest BCUT2D eigenvalue weighted by atomic mass is 10.2. The summed E-state index contributed by atoms with van der Waals surface area (Å²) in [5.74, 6) is 0.228. The molecule has 5 heterocycles. The number of rotatable bonds is 2. The fraction of sp³-hybridized carbons (Fsp3) is 0.353. The molecule has 0 spiro atoms. The highest BCUT2D eigenvalue weighted by molar-refractivity contribution is 7.18. The van der Waals surface area contributed by atoms with Crippen LogP contribution in [0.1, 0.15) is 10.7 Å². The maximum absolute atomic E-state index is 13.1. The van der Waals surface area contributed by atoms with Gasteiger partial charge in [-0.25, -0.2) is 9.97 Å².